The molecule has 2 nitrogen and oxygen atoms in total. The van der Waals surface area contributed by atoms with Crippen LogP contribution in [0.5, 0.6) is 0 Å². The molecule has 63 heavy (non-hydrogen) atoms. The summed E-state index contributed by atoms with van der Waals surface area (Å²) in [6.07, 6.45) is 0. The SMILES string of the molecule is Cc1ccccc1-c1cc2c3ccc4c5c3n(c2cc1S)-c1cc2sc3ccccc3c2cc1B5N(c1ccc(C(C)(C)C)cc1)c1cc2c(cc1-4)sc1ccc(C(C)(C)C)cc12. The molecule has 0 fully saturated rings. The summed E-state index contributed by atoms with van der Waals surface area (Å²) in [6, 6.07) is 53.9. The average molecular weight is 865 g/mol. The molecule has 0 N–H and O–H groups in total. The standard InChI is InChI=1S/C57H45BN2S3/c1-31-12-8-9-13-35(31)41-25-39-38-22-21-37-40-28-52-44(42-24-33(57(5,6)7)18-23-51(42)63-52)27-47(40)60(34-19-16-32(17-20-34)56(2,3)4)58-45-26-43-36-14-10-11-15-50(36)62-53(43)30-48(45)59(55(38)54(37)58)46(39)29-49(41)61/h8-30,61H,1-7H3. The highest BCUT2D eigenvalue weighted by Gasteiger charge is 2.44. The third kappa shape index (κ3) is 5.32. The van der Waals surface area contributed by atoms with Gasteiger partial charge >= 0.3 is 6.85 Å². The van der Waals surface area contributed by atoms with Crippen LogP contribution in [0.1, 0.15) is 58.2 Å². The summed E-state index contributed by atoms with van der Waals surface area (Å²) in [5, 5.41) is 7.85. The fraction of sp³-hybridized carbons (Fsp3) is 0.158. The molecule has 3 aromatic heterocycles. The maximum Gasteiger partial charge on any atom is 0.333 e. The molecule has 11 aromatic rings. The van der Waals surface area contributed by atoms with Gasteiger partial charge < -0.3 is 9.38 Å². The predicted octanol–water partition coefficient (Wildman–Crippen LogP) is 15.6. The highest BCUT2D eigenvalue weighted by molar-refractivity contribution is 7.80. The molecule has 6 heteroatoms. The summed E-state index contributed by atoms with van der Waals surface area (Å²) < 4.78 is 7.89. The molecule has 5 heterocycles. The Morgan fingerprint density at radius 1 is 0.492 bits per heavy atom. The fourth-order valence-corrected chi connectivity index (χ4v) is 13.4. The molecule has 8 aromatic carbocycles. The molecule has 13 rings (SSSR count). The maximum atomic E-state index is 5.26. The zero-order valence-corrected chi connectivity index (χ0v) is 39.0. The van der Waals surface area contributed by atoms with Crippen LogP contribution in [-0.4, -0.2) is 11.4 Å². The van der Waals surface area contributed by atoms with Crippen LogP contribution in [0.15, 0.2) is 144 Å². The summed E-state index contributed by atoms with van der Waals surface area (Å²) >= 11 is 9.08. The molecule has 2 aliphatic heterocycles. The number of anilines is 2. The molecule has 0 aliphatic carbocycles. The Morgan fingerprint density at radius 3 is 1.95 bits per heavy atom. The van der Waals surface area contributed by atoms with E-state index in [1.165, 1.54) is 129 Å². The van der Waals surface area contributed by atoms with E-state index in [9.17, 15) is 0 Å². The lowest BCUT2D eigenvalue weighted by atomic mass is 9.44. The molecule has 0 atom stereocenters. The highest BCUT2D eigenvalue weighted by Crippen LogP contribution is 2.50. The van der Waals surface area contributed by atoms with Gasteiger partial charge in [0.1, 0.15) is 0 Å². The minimum absolute atomic E-state index is 0.0383. The van der Waals surface area contributed by atoms with E-state index in [1.54, 1.807) is 0 Å². The van der Waals surface area contributed by atoms with Crippen molar-refractivity contribution in [3.8, 4) is 27.9 Å². The summed E-state index contributed by atoms with van der Waals surface area (Å²) in [5.41, 5.74) is 17.9. The number of rotatable bonds is 2. The second kappa shape index (κ2) is 12.9. The Balaban J connectivity index is 1.19. The minimum Gasteiger partial charge on any atom is -0.376 e. The Morgan fingerprint density at radius 2 is 1.17 bits per heavy atom. The first-order valence-electron chi connectivity index (χ1n) is 22.1. The van der Waals surface area contributed by atoms with E-state index < -0.39 is 0 Å². The lowest BCUT2D eigenvalue weighted by Crippen LogP contribution is -2.60. The lowest BCUT2D eigenvalue weighted by Gasteiger charge is -2.42. The molecule has 0 unspecified atom stereocenters. The summed E-state index contributed by atoms with van der Waals surface area (Å²) in [7, 11) is 0. The van der Waals surface area contributed by atoms with Crippen molar-refractivity contribution < 1.29 is 0 Å². The van der Waals surface area contributed by atoms with E-state index in [0.717, 1.165) is 4.90 Å². The third-order valence-electron chi connectivity index (χ3n) is 14.1. The van der Waals surface area contributed by atoms with Gasteiger partial charge in [-0.1, -0.05) is 120 Å². The normalized spacial score (nSPS) is 13.7. The van der Waals surface area contributed by atoms with E-state index in [4.69, 9.17) is 12.6 Å². The van der Waals surface area contributed by atoms with Crippen LogP contribution in [0.3, 0.4) is 0 Å². The van der Waals surface area contributed by atoms with Gasteiger partial charge in [0.25, 0.3) is 0 Å². The number of aryl methyl sites for hydroxylation is 1. The van der Waals surface area contributed by atoms with Crippen LogP contribution >= 0.6 is 35.3 Å². The molecule has 0 bridgehead atoms. The van der Waals surface area contributed by atoms with Gasteiger partial charge in [0.05, 0.1) is 11.0 Å². The largest absolute Gasteiger partial charge is 0.376 e. The zero-order valence-electron chi connectivity index (χ0n) is 36.5. The number of hydrogen-bond donors (Lipinski definition) is 1. The second-order valence-electron chi connectivity index (χ2n) is 20.0. The van der Waals surface area contributed by atoms with Crippen molar-refractivity contribution in [1.29, 1.82) is 0 Å². The van der Waals surface area contributed by atoms with Gasteiger partial charge in [-0.3, -0.25) is 0 Å². The Bertz CT molecular complexity index is 3790. The van der Waals surface area contributed by atoms with Crippen LogP contribution in [0, 0.1) is 6.92 Å². The fourth-order valence-electron chi connectivity index (χ4n) is 10.9. The molecule has 0 saturated heterocycles. The molecule has 0 spiro atoms. The summed E-state index contributed by atoms with van der Waals surface area (Å²) in [4.78, 5) is 3.69. The summed E-state index contributed by atoms with van der Waals surface area (Å²) in [5.74, 6) is 0. The van der Waals surface area contributed by atoms with E-state index in [-0.39, 0.29) is 17.7 Å². The molecule has 0 amide bonds. The van der Waals surface area contributed by atoms with Gasteiger partial charge in [0.2, 0.25) is 0 Å². The van der Waals surface area contributed by atoms with E-state index in [0.29, 0.717) is 0 Å². The van der Waals surface area contributed by atoms with Crippen molar-refractivity contribution in [2.45, 2.75) is 64.2 Å². The Hall–Kier alpha value is -5.79. The van der Waals surface area contributed by atoms with Crippen LogP contribution in [0.2, 0.25) is 0 Å². The van der Waals surface area contributed by atoms with Gasteiger partial charge in [-0.2, -0.15) is 0 Å². The topological polar surface area (TPSA) is 8.17 Å². The Labute approximate surface area is 381 Å². The van der Waals surface area contributed by atoms with E-state index >= 15 is 0 Å². The van der Waals surface area contributed by atoms with Gasteiger partial charge in [-0.05, 0) is 123 Å². The number of nitrogens with zero attached hydrogens (tertiary/aromatic N) is 2. The monoisotopic (exact) mass is 864 g/mol. The van der Waals surface area contributed by atoms with Crippen molar-refractivity contribution in [1.82, 2.24) is 4.57 Å². The van der Waals surface area contributed by atoms with Crippen LogP contribution in [0.25, 0.3) is 90.1 Å². The van der Waals surface area contributed by atoms with Gasteiger partial charge in [-0.15, -0.1) is 35.3 Å². The maximum absolute atomic E-state index is 5.26. The first kappa shape index (κ1) is 37.7. The van der Waals surface area contributed by atoms with Gasteiger partial charge in [0, 0.05) is 78.6 Å². The number of benzene rings is 8. The van der Waals surface area contributed by atoms with Crippen molar-refractivity contribution in [2.75, 3.05) is 4.81 Å². The zero-order chi connectivity index (χ0) is 42.8. The van der Waals surface area contributed by atoms with E-state index in [2.05, 4.69) is 197 Å². The number of fused-ring (bicyclic) bond motifs is 14. The third-order valence-corrected chi connectivity index (χ3v) is 16.8. The van der Waals surface area contributed by atoms with Crippen molar-refractivity contribution in [3.05, 3.63) is 156 Å². The van der Waals surface area contributed by atoms with Crippen molar-refractivity contribution in [3.63, 3.8) is 0 Å². The number of aromatic nitrogens is 1. The minimum atomic E-state index is -0.0784. The van der Waals surface area contributed by atoms with Crippen LogP contribution in [-0.2, 0) is 10.8 Å². The van der Waals surface area contributed by atoms with Crippen molar-refractivity contribution >= 4 is 127 Å². The molecule has 304 valence electrons. The van der Waals surface area contributed by atoms with Crippen LogP contribution < -0.4 is 15.7 Å². The average Bonchev–Trinajstić information content (AvgIpc) is 3.92. The van der Waals surface area contributed by atoms with Crippen molar-refractivity contribution in [2.24, 2.45) is 0 Å². The molecular weight excluding hydrogens is 820 g/mol. The predicted molar refractivity (Wildman–Crippen MR) is 280 cm³/mol. The number of thiophene rings is 2. The van der Waals surface area contributed by atoms with Gasteiger partial charge in [0.15, 0.2) is 0 Å². The number of thiol groups is 1. The highest BCUT2D eigenvalue weighted by atomic mass is 32.1. The molecule has 0 radical (unpaired) electrons. The van der Waals surface area contributed by atoms with Crippen LogP contribution in [0.4, 0.5) is 11.4 Å². The smallest absolute Gasteiger partial charge is 0.333 e. The molecule has 2 aliphatic rings. The summed E-state index contributed by atoms with van der Waals surface area (Å²) in [6.45, 7) is 16.0. The Kier molecular flexibility index (Phi) is 7.73. The first-order valence-corrected chi connectivity index (χ1v) is 24.2. The van der Waals surface area contributed by atoms with E-state index in [1.807, 2.05) is 22.7 Å². The quantitative estimate of drug-likeness (QED) is 0.134. The first-order chi connectivity index (χ1) is 30.3. The van der Waals surface area contributed by atoms with Gasteiger partial charge in [-0.25, -0.2) is 0 Å². The molecule has 0 saturated carbocycles. The second-order valence-corrected chi connectivity index (χ2v) is 22.6. The molecular formula is C57H45BN2S3. The number of hydrogen-bond acceptors (Lipinski definition) is 4. The lowest BCUT2D eigenvalue weighted by molar-refractivity contribution is 0.590.